The Balaban J connectivity index is 0.980. The quantitative estimate of drug-likeness (QED) is 0.0633. The fraction of sp³-hybridized carbons (Fsp3) is 0.366. The Morgan fingerprint density at radius 2 is 1.02 bits per heavy atom. The fourth-order valence-corrected chi connectivity index (χ4v) is 5.54. The summed E-state index contributed by atoms with van der Waals surface area (Å²) in [6, 6.07) is 34.1. The highest BCUT2D eigenvalue weighted by atomic mass is 16.5. The van der Waals surface area contributed by atoms with Crippen LogP contribution in [-0.4, -0.2) is 37.9 Å². The number of carbonyl (C=O) groups is 2. The molecule has 1 saturated carbocycles. The summed E-state index contributed by atoms with van der Waals surface area (Å²) in [6.45, 7) is 6.62. The number of ether oxygens (including phenoxy) is 6. The fourth-order valence-electron chi connectivity index (χ4n) is 5.54. The van der Waals surface area contributed by atoms with Crippen molar-refractivity contribution in [3.05, 3.63) is 120 Å². The van der Waals surface area contributed by atoms with Crippen LogP contribution in [0.1, 0.15) is 50.7 Å². The van der Waals surface area contributed by atoms with Crippen molar-refractivity contribution in [1.82, 2.24) is 0 Å². The standard InChI is InChI=1S/C41H46O8/c1-30(2)39(29-45-28-32-11-7-4-8-12-32)47-36-21-23-38(24-22-36)49-41(43)34-15-13-33(14-16-34)40(42)48-37-19-17-35(18-20-37)46-26-25-44-27-31-9-5-3-6-10-31/h3-12,17-24,30,33-34,39H,13-16,25-29H2,1-2H3/t33-,34-,39?. The topological polar surface area (TPSA) is 89.5 Å². The molecule has 4 aromatic carbocycles. The van der Waals surface area contributed by atoms with E-state index in [0.29, 0.717) is 81.7 Å². The van der Waals surface area contributed by atoms with Gasteiger partial charge in [-0.15, -0.1) is 0 Å². The summed E-state index contributed by atoms with van der Waals surface area (Å²) in [5.41, 5.74) is 2.24. The third-order valence-corrected chi connectivity index (χ3v) is 8.51. The van der Waals surface area contributed by atoms with Crippen molar-refractivity contribution in [2.75, 3.05) is 19.8 Å². The van der Waals surface area contributed by atoms with E-state index in [4.69, 9.17) is 28.4 Å². The van der Waals surface area contributed by atoms with E-state index < -0.39 is 0 Å². The SMILES string of the molecule is CC(C)C(COCc1ccccc1)Oc1ccc(OC(=O)[C@H]2CC[C@H](C(=O)Oc3ccc(OCCOCc4ccccc4)cc3)CC2)cc1. The van der Waals surface area contributed by atoms with Gasteiger partial charge in [0.15, 0.2) is 0 Å². The van der Waals surface area contributed by atoms with Crippen LogP contribution in [0.4, 0.5) is 0 Å². The summed E-state index contributed by atoms with van der Waals surface area (Å²) < 4.78 is 34.8. The number of esters is 2. The third kappa shape index (κ3) is 11.8. The zero-order chi connectivity index (χ0) is 34.3. The molecule has 0 aromatic heterocycles. The van der Waals surface area contributed by atoms with Crippen LogP contribution in [0, 0.1) is 17.8 Å². The average molecular weight is 667 g/mol. The van der Waals surface area contributed by atoms with Gasteiger partial charge in [0.2, 0.25) is 0 Å². The number of hydrogen-bond acceptors (Lipinski definition) is 8. The van der Waals surface area contributed by atoms with E-state index in [9.17, 15) is 9.59 Å². The number of hydrogen-bond donors (Lipinski definition) is 0. The van der Waals surface area contributed by atoms with E-state index in [2.05, 4.69) is 13.8 Å². The van der Waals surface area contributed by atoms with Crippen LogP contribution in [0.15, 0.2) is 109 Å². The second kappa shape index (κ2) is 18.8. The van der Waals surface area contributed by atoms with Gasteiger partial charge in [0.05, 0.1) is 38.3 Å². The van der Waals surface area contributed by atoms with Gasteiger partial charge in [0, 0.05) is 0 Å². The van der Waals surface area contributed by atoms with Crippen molar-refractivity contribution in [3.8, 4) is 23.0 Å². The Kier molecular flexibility index (Phi) is 13.7. The van der Waals surface area contributed by atoms with Crippen molar-refractivity contribution < 1.29 is 38.0 Å². The van der Waals surface area contributed by atoms with Crippen LogP contribution in [0.2, 0.25) is 0 Å². The highest BCUT2D eigenvalue weighted by Gasteiger charge is 2.32. The predicted octanol–water partition coefficient (Wildman–Crippen LogP) is 8.22. The minimum absolute atomic E-state index is 0.117. The first-order valence-electron chi connectivity index (χ1n) is 17.1. The molecule has 1 atom stereocenters. The van der Waals surface area contributed by atoms with Crippen molar-refractivity contribution in [2.24, 2.45) is 17.8 Å². The smallest absolute Gasteiger partial charge is 0.314 e. The first kappa shape index (κ1) is 35.6. The molecule has 0 amide bonds. The van der Waals surface area contributed by atoms with E-state index in [1.807, 2.05) is 72.8 Å². The first-order chi connectivity index (χ1) is 23.9. The van der Waals surface area contributed by atoms with Gasteiger partial charge in [0.1, 0.15) is 35.7 Å². The molecule has 0 bridgehead atoms. The zero-order valence-corrected chi connectivity index (χ0v) is 28.3. The maximum Gasteiger partial charge on any atom is 0.314 e. The molecule has 8 heteroatoms. The Hall–Kier alpha value is -4.66. The minimum Gasteiger partial charge on any atom is -0.491 e. The Bertz CT molecular complexity index is 1550. The molecule has 258 valence electrons. The summed E-state index contributed by atoms with van der Waals surface area (Å²) in [6.07, 6.45) is 2.15. The van der Waals surface area contributed by atoms with Crippen LogP contribution in [0.25, 0.3) is 0 Å². The lowest BCUT2D eigenvalue weighted by Gasteiger charge is -2.26. The molecule has 1 aliphatic rings. The molecule has 49 heavy (non-hydrogen) atoms. The molecule has 0 spiro atoms. The highest BCUT2D eigenvalue weighted by molar-refractivity contribution is 5.77. The van der Waals surface area contributed by atoms with E-state index in [1.54, 1.807) is 36.4 Å². The lowest BCUT2D eigenvalue weighted by Crippen LogP contribution is -2.30. The van der Waals surface area contributed by atoms with Crippen LogP contribution < -0.4 is 18.9 Å². The summed E-state index contributed by atoms with van der Waals surface area (Å²) in [5, 5.41) is 0. The van der Waals surface area contributed by atoms with Gasteiger partial charge in [-0.3, -0.25) is 9.59 Å². The molecule has 0 saturated heterocycles. The second-order valence-electron chi connectivity index (χ2n) is 12.6. The molecule has 4 aromatic rings. The summed E-state index contributed by atoms with van der Waals surface area (Å²) in [7, 11) is 0. The van der Waals surface area contributed by atoms with Crippen molar-refractivity contribution in [3.63, 3.8) is 0 Å². The van der Waals surface area contributed by atoms with Gasteiger partial charge in [-0.1, -0.05) is 74.5 Å². The first-order valence-corrected chi connectivity index (χ1v) is 17.1. The molecular weight excluding hydrogens is 620 g/mol. The number of benzene rings is 4. The number of rotatable bonds is 17. The highest BCUT2D eigenvalue weighted by Crippen LogP contribution is 2.32. The molecule has 0 heterocycles. The van der Waals surface area contributed by atoms with E-state index in [-0.39, 0.29) is 35.8 Å². The van der Waals surface area contributed by atoms with Gasteiger partial charge < -0.3 is 28.4 Å². The minimum atomic E-state index is -0.282. The van der Waals surface area contributed by atoms with Gasteiger partial charge in [-0.2, -0.15) is 0 Å². The Morgan fingerprint density at radius 1 is 0.571 bits per heavy atom. The third-order valence-electron chi connectivity index (χ3n) is 8.51. The lowest BCUT2D eigenvalue weighted by atomic mass is 9.82. The molecule has 1 unspecified atom stereocenters. The second-order valence-corrected chi connectivity index (χ2v) is 12.6. The summed E-state index contributed by atoms with van der Waals surface area (Å²) >= 11 is 0. The Morgan fingerprint density at radius 3 is 1.51 bits per heavy atom. The van der Waals surface area contributed by atoms with Crippen LogP contribution in [-0.2, 0) is 32.3 Å². The van der Waals surface area contributed by atoms with Crippen LogP contribution >= 0.6 is 0 Å². The van der Waals surface area contributed by atoms with Gasteiger partial charge in [-0.05, 0) is 91.3 Å². The monoisotopic (exact) mass is 666 g/mol. The van der Waals surface area contributed by atoms with Crippen molar-refractivity contribution in [1.29, 1.82) is 0 Å². The summed E-state index contributed by atoms with van der Waals surface area (Å²) in [5.74, 6) is 1.46. The van der Waals surface area contributed by atoms with Gasteiger partial charge in [0.25, 0.3) is 0 Å². The van der Waals surface area contributed by atoms with Crippen molar-refractivity contribution >= 4 is 11.9 Å². The molecule has 0 N–H and O–H groups in total. The molecule has 8 nitrogen and oxygen atoms in total. The van der Waals surface area contributed by atoms with Crippen LogP contribution in [0.5, 0.6) is 23.0 Å². The average Bonchev–Trinajstić information content (AvgIpc) is 3.13. The van der Waals surface area contributed by atoms with E-state index >= 15 is 0 Å². The van der Waals surface area contributed by atoms with Crippen LogP contribution in [0.3, 0.4) is 0 Å². The van der Waals surface area contributed by atoms with Gasteiger partial charge >= 0.3 is 11.9 Å². The summed E-state index contributed by atoms with van der Waals surface area (Å²) in [4.78, 5) is 25.8. The molecule has 1 fully saturated rings. The molecule has 5 rings (SSSR count). The van der Waals surface area contributed by atoms with E-state index in [0.717, 1.165) is 11.1 Å². The molecule has 0 radical (unpaired) electrons. The predicted molar refractivity (Wildman–Crippen MR) is 187 cm³/mol. The molecular formula is C41H46O8. The Labute approximate surface area is 289 Å². The lowest BCUT2D eigenvalue weighted by molar-refractivity contribution is -0.145. The maximum absolute atomic E-state index is 12.9. The van der Waals surface area contributed by atoms with E-state index in [1.165, 1.54) is 0 Å². The molecule has 0 aliphatic heterocycles. The largest absolute Gasteiger partial charge is 0.491 e. The normalized spacial score (nSPS) is 16.5. The number of carbonyl (C=O) groups excluding carboxylic acids is 2. The molecule has 1 aliphatic carbocycles. The zero-order valence-electron chi connectivity index (χ0n) is 28.3. The van der Waals surface area contributed by atoms with Gasteiger partial charge in [-0.25, -0.2) is 0 Å². The van der Waals surface area contributed by atoms with Crippen molar-refractivity contribution in [2.45, 2.75) is 58.8 Å². The maximum atomic E-state index is 12.9.